The van der Waals surface area contributed by atoms with E-state index in [4.69, 9.17) is 0 Å². The molecule has 5 rings (SSSR count). The quantitative estimate of drug-likeness (QED) is 0.847. The first-order chi connectivity index (χ1) is 12.2. The monoisotopic (exact) mass is 354 g/mol. The van der Waals surface area contributed by atoms with Gasteiger partial charge >= 0.3 is 0 Å². The van der Waals surface area contributed by atoms with Gasteiger partial charge in [-0.15, -0.1) is 0 Å². The van der Waals surface area contributed by atoms with Crippen molar-refractivity contribution in [3.63, 3.8) is 0 Å². The molecule has 1 aromatic rings. The Balaban J connectivity index is 1.47. The molecule has 0 atom stereocenters. The summed E-state index contributed by atoms with van der Waals surface area (Å²) in [6.07, 6.45) is 7.53. The van der Waals surface area contributed by atoms with Gasteiger partial charge in [0.05, 0.1) is 0 Å². The van der Waals surface area contributed by atoms with Crippen LogP contribution in [0.15, 0.2) is 24.3 Å². The molecule has 0 unspecified atom stereocenters. The number of nitrogens with one attached hydrogen (secondary N) is 2. The van der Waals surface area contributed by atoms with Crippen molar-refractivity contribution in [3.05, 3.63) is 29.8 Å². The van der Waals surface area contributed by atoms with Gasteiger partial charge in [-0.05, 0) is 74.5 Å². The smallest absolute Gasteiger partial charge is 0.251 e. The van der Waals surface area contributed by atoms with Crippen LogP contribution in [0.5, 0.6) is 0 Å². The molecule has 2 amide bonds. The summed E-state index contributed by atoms with van der Waals surface area (Å²) in [4.78, 5) is 25.1. The van der Waals surface area contributed by atoms with Crippen LogP contribution in [-0.2, 0) is 4.79 Å². The maximum absolute atomic E-state index is 12.9. The minimum Gasteiger partial charge on any atom is -0.347 e. The molecule has 26 heavy (non-hydrogen) atoms. The molecule has 4 saturated carbocycles. The zero-order valence-electron chi connectivity index (χ0n) is 16.1. The Bertz CT molecular complexity index is 697. The van der Waals surface area contributed by atoms with E-state index in [1.807, 2.05) is 39.0 Å². The summed E-state index contributed by atoms with van der Waals surface area (Å²) in [6.45, 7) is 5.64. The lowest BCUT2D eigenvalue weighted by atomic mass is 9.53. The number of benzene rings is 1. The van der Waals surface area contributed by atoms with Gasteiger partial charge in [0.25, 0.3) is 5.91 Å². The zero-order chi connectivity index (χ0) is 18.5. The Hall–Kier alpha value is -1.84. The molecule has 0 radical (unpaired) electrons. The maximum atomic E-state index is 12.9. The summed E-state index contributed by atoms with van der Waals surface area (Å²) in [7, 11) is 0. The summed E-state index contributed by atoms with van der Waals surface area (Å²) in [6, 6.07) is 7.31. The van der Waals surface area contributed by atoms with Crippen molar-refractivity contribution in [2.24, 2.45) is 23.2 Å². The van der Waals surface area contributed by atoms with Gasteiger partial charge in [-0.3, -0.25) is 9.59 Å². The first kappa shape index (κ1) is 17.6. The predicted octanol–water partition coefficient (Wildman–Crippen LogP) is 4.37. The van der Waals surface area contributed by atoms with Gasteiger partial charge in [-0.25, -0.2) is 0 Å². The third-order valence-corrected chi connectivity index (χ3v) is 6.48. The van der Waals surface area contributed by atoms with E-state index in [1.54, 1.807) is 6.07 Å². The van der Waals surface area contributed by atoms with E-state index < -0.39 is 5.41 Å². The molecule has 4 heteroatoms. The Labute approximate surface area is 156 Å². The van der Waals surface area contributed by atoms with Crippen LogP contribution >= 0.6 is 0 Å². The van der Waals surface area contributed by atoms with Gasteiger partial charge in [0.1, 0.15) is 0 Å². The first-order valence-corrected chi connectivity index (χ1v) is 9.96. The van der Waals surface area contributed by atoms with Gasteiger partial charge < -0.3 is 10.6 Å². The third kappa shape index (κ3) is 3.38. The number of hydrogen-bond acceptors (Lipinski definition) is 2. The average molecular weight is 354 g/mol. The highest BCUT2D eigenvalue weighted by Gasteiger charge is 2.51. The molecule has 140 valence electrons. The minimum absolute atomic E-state index is 0.00110. The lowest BCUT2D eigenvalue weighted by Crippen LogP contribution is -2.59. The van der Waals surface area contributed by atoms with Gasteiger partial charge in [0, 0.05) is 22.2 Å². The predicted molar refractivity (Wildman–Crippen MR) is 103 cm³/mol. The van der Waals surface area contributed by atoms with E-state index in [9.17, 15) is 9.59 Å². The van der Waals surface area contributed by atoms with Crippen LogP contribution in [0.2, 0.25) is 0 Å². The van der Waals surface area contributed by atoms with Gasteiger partial charge in [-0.1, -0.05) is 26.8 Å². The average Bonchev–Trinajstić information content (AvgIpc) is 2.52. The van der Waals surface area contributed by atoms with E-state index in [0.29, 0.717) is 11.3 Å². The van der Waals surface area contributed by atoms with Crippen LogP contribution in [0.4, 0.5) is 5.69 Å². The number of amides is 2. The van der Waals surface area contributed by atoms with Gasteiger partial charge in [-0.2, -0.15) is 0 Å². The largest absolute Gasteiger partial charge is 0.347 e. The highest BCUT2D eigenvalue weighted by molar-refractivity contribution is 5.98. The van der Waals surface area contributed by atoms with Crippen molar-refractivity contribution in [1.29, 1.82) is 0 Å². The lowest BCUT2D eigenvalue weighted by molar-refractivity contribution is -0.123. The first-order valence-electron chi connectivity index (χ1n) is 9.96. The van der Waals surface area contributed by atoms with Crippen molar-refractivity contribution < 1.29 is 9.59 Å². The highest BCUT2D eigenvalue weighted by Crippen LogP contribution is 2.55. The molecule has 4 bridgehead atoms. The normalized spacial score (nSPS) is 32.3. The molecule has 4 aliphatic rings. The Morgan fingerprint density at radius 2 is 1.58 bits per heavy atom. The van der Waals surface area contributed by atoms with Crippen LogP contribution in [-0.4, -0.2) is 17.4 Å². The molecule has 0 heterocycles. The molecule has 0 aromatic heterocycles. The molecule has 4 nitrogen and oxygen atoms in total. The summed E-state index contributed by atoms with van der Waals surface area (Å²) in [5.41, 5.74) is 0.865. The zero-order valence-corrected chi connectivity index (χ0v) is 16.1. The van der Waals surface area contributed by atoms with E-state index in [0.717, 1.165) is 37.0 Å². The van der Waals surface area contributed by atoms with E-state index in [1.165, 1.54) is 19.3 Å². The van der Waals surface area contributed by atoms with Crippen LogP contribution in [0, 0.1) is 23.2 Å². The number of carbonyl (C=O) groups excluding carboxylic acids is 2. The molecule has 0 aliphatic heterocycles. The van der Waals surface area contributed by atoms with Crippen molar-refractivity contribution in [2.75, 3.05) is 5.32 Å². The molecule has 4 aliphatic carbocycles. The summed E-state index contributed by atoms with van der Waals surface area (Å²) < 4.78 is 0. The van der Waals surface area contributed by atoms with Crippen molar-refractivity contribution in [2.45, 2.75) is 64.8 Å². The molecule has 4 fully saturated rings. The van der Waals surface area contributed by atoms with Crippen LogP contribution < -0.4 is 10.6 Å². The summed E-state index contributed by atoms with van der Waals surface area (Å²) in [5.74, 6) is 2.37. The second-order valence-corrected chi connectivity index (χ2v) is 9.94. The lowest BCUT2D eigenvalue weighted by Gasteiger charge is -2.56. The standard InChI is InChI=1S/C22H30N2O2/c1-21(2,3)20(26)23-18-6-4-5-17(10-18)19(25)24-22-11-14-7-15(12-22)9-16(8-14)13-22/h4-6,10,14-16H,7-9,11-13H2,1-3H3,(H,23,26)(H,24,25). The molecular weight excluding hydrogens is 324 g/mol. The SMILES string of the molecule is CC(C)(C)C(=O)Nc1cccc(C(=O)NC23CC4CC(CC(C4)C2)C3)c1. The van der Waals surface area contributed by atoms with Crippen molar-refractivity contribution in [1.82, 2.24) is 5.32 Å². The van der Waals surface area contributed by atoms with Crippen LogP contribution in [0.25, 0.3) is 0 Å². The Morgan fingerprint density at radius 3 is 2.12 bits per heavy atom. The maximum Gasteiger partial charge on any atom is 0.251 e. The van der Waals surface area contributed by atoms with Gasteiger partial charge in [0.15, 0.2) is 0 Å². The van der Waals surface area contributed by atoms with Crippen LogP contribution in [0.3, 0.4) is 0 Å². The second-order valence-electron chi connectivity index (χ2n) is 9.94. The number of hydrogen-bond donors (Lipinski definition) is 2. The Kier molecular flexibility index (Phi) is 4.13. The molecular formula is C22H30N2O2. The third-order valence-electron chi connectivity index (χ3n) is 6.48. The fourth-order valence-electron chi connectivity index (χ4n) is 5.63. The van der Waals surface area contributed by atoms with Gasteiger partial charge in [0.2, 0.25) is 5.91 Å². The Morgan fingerprint density at radius 1 is 1.00 bits per heavy atom. The fourth-order valence-corrected chi connectivity index (χ4v) is 5.63. The topological polar surface area (TPSA) is 58.2 Å². The molecule has 2 N–H and O–H groups in total. The van der Waals surface area contributed by atoms with E-state index in [-0.39, 0.29) is 17.4 Å². The van der Waals surface area contributed by atoms with E-state index >= 15 is 0 Å². The number of anilines is 1. The van der Waals surface area contributed by atoms with Crippen LogP contribution in [0.1, 0.15) is 69.7 Å². The van der Waals surface area contributed by atoms with Crippen molar-refractivity contribution in [3.8, 4) is 0 Å². The molecule has 0 saturated heterocycles. The molecule has 1 aromatic carbocycles. The van der Waals surface area contributed by atoms with Crippen molar-refractivity contribution >= 4 is 17.5 Å². The number of rotatable bonds is 3. The van der Waals surface area contributed by atoms with E-state index in [2.05, 4.69) is 10.6 Å². The highest BCUT2D eigenvalue weighted by atomic mass is 16.2. The number of carbonyl (C=O) groups is 2. The summed E-state index contributed by atoms with van der Waals surface area (Å²) >= 11 is 0. The second kappa shape index (κ2) is 6.11. The summed E-state index contributed by atoms with van der Waals surface area (Å²) in [5, 5.41) is 6.32. The minimum atomic E-state index is -0.461. The fraction of sp³-hybridized carbons (Fsp3) is 0.636. The molecule has 0 spiro atoms.